The number of para-hydroxylation sites is 2. The lowest BCUT2D eigenvalue weighted by molar-refractivity contribution is 0.0983. The van der Waals surface area contributed by atoms with Gasteiger partial charge in [-0.25, -0.2) is 4.98 Å². The fourth-order valence-corrected chi connectivity index (χ4v) is 3.82. The van der Waals surface area contributed by atoms with Crippen LogP contribution in [0.15, 0.2) is 54.0 Å². The van der Waals surface area contributed by atoms with Crippen molar-refractivity contribution in [3.8, 4) is 10.7 Å². The van der Waals surface area contributed by atoms with Crippen molar-refractivity contribution in [2.45, 2.75) is 6.42 Å². The molecule has 0 fully saturated rings. The summed E-state index contributed by atoms with van der Waals surface area (Å²) in [7, 11) is 2.06. The summed E-state index contributed by atoms with van der Waals surface area (Å²) in [5.74, 6) is -0.0545. The van der Waals surface area contributed by atoms with Gasteiger partial charge in [-0.05, 0) is 30.7 Å². The minimum atomic E-state index is -0.0545. The van der Waals surface area contributed by atoms with Gasteiger partial charge < -0.3 is 9.80 Å². The number of carbonyl (C=O) groups excluding carboxylic acids is 1. The summed E-state index contributed by atoms with van der Waals surface area (Å²) in [6.07, 6.45) is 2.66. The van der Waals surface area contributed by atoms with Gasteiger partial charge in [-0.15, -0.1) is 11.3 Å². The predicted octanol–water partition coefficient (Wildman–Crippen LogP) is 3.69. The fraction of sp³-hybridized carbons (Fsp3) is 0.211. The molecule has 0 spiro atoms. The number of anilines is 2. The number of aromatic nitrogens is 2. The van der Waals surface area contributed by atoms with Crippen molar-refractivity contribution in [3.63, 3.8) is 0 Å². The number of hydrogen-bond acceptors (Lipinski definition) is 5. The van der Waals surface area contributed by atoms with Crippen LogP contribution in [0.25, 0.3) is 10.7 Å². The lowest BCUT2D eigenvalue weighted by Gasteiger charge is -2.23. The summed E-state index contributed by atoms with van der Waals surface area (Å²) in [5.41, 5.74) is 3.29. The fourth-order valence-electron chi connectivity index (χ4n) is 3.05. The molecule has 5 nitrogen and oxygen atoms in total. The molecule has 25 heavy (non-hydrogen) atoms. The van der Waals surface area contributed by atoms with Gasteiger partial charge in [-0.3, -0.25) is 9.78 Å². The number of fused-ring (bicyclic) bond motifs is 1. The molecule has 0 atom stereocenters. The van der Waals surface area contributed by atoms with E-state index in [-0.39, 0.29) is 5.91 Å². The number of amides is 1. The van der Waals surface area contributed by atoms with E-state index in [0.29, 0.717) is 12.2 Å². The second-order valence-electron chi connectivity index (χ2n) is 5.97. The highest BCUT2D eigenvalue weighted by atomic mass is 32.1. The van der Waals surface area contributed by atoms with E-state index in [1.54, 1.807) is 6.20 Å². The van der Waals surface area contributed by atoms with Crippen LogP contribution in [0.5, 0.6) is 0 Å². The van der Waals surface area contributed by atoms with E-state index in [1.165, 1.54) is 11.3 Å². The van der Waals surface area contributed by atoms with Crippen molar-refractivity contribution >= 4 is 28.6 Å². The van der Waals surface area contributed by atoms with E-state index < -0.39 is 0 Å². The summed E-state index contributed by atoms with van der Waals surface area (Å²) in [6, 6.07) is 13.7. The summed E-state index contributed by atoms with van der Waals surface area (Å²) in [6.45, 7) is 1.62. The molecule has 3 heterocycles. The molecule has 0 radical (unpaired) electrons. The van der Waals surface area contributed by atoms with Crippen molar-refractivity contribution in [1.29, 1.82) is 0 Å². The van der Waals surface area contributed by atoms with Crippen LogP contribution in [0.2, 0.25) is 0 Å². The average molecular weight is 350 g/mol. The third kappa shape index (κ3) is 3.00. The van der Waals surface area contributed by atoms with Crippen molar-refractivity contribution in [3.05, 3.63) is 59.7 Å². The Labute approximate surface area is 150 Å². The Balaban J connectivity index is 1.67. The third-order valence-corrected chi connectivity index (χ3v) is 5.18. The minimum Gasteiger partial charge on any atom is -0.373 e. The molecule has 0 saturated carbocycles. The van der Waals surface area contributed by atoms with E-state index in [0.717, 1.165) is 35.0 Å². The Morgan fingerprint density at radius 2 is 1.88 bits per heavy atom. The number of nitrogens with zero attached hydrogens (tertiary/aromatic N) is 4. The van der Waals surface area contributed by atoms with Crippen LogP contribution in [-0.4, -0.2) is 36.0 Å². The van der Waals surface area contributed by atoms with Crippen molar-refractivity contribution in [2.75, 3.05) is 29.9 Å². The smallest absolute Gasteiger partial charge is 0.277 e. The summed E-state index contributed by atoms with van der Waals surface area (Å²) in [5, 5.41) is 2.59. The van der Waals surface area contributed by atoms with E-state index in [2.05, 4.69) is 28.0 Å². The van der Waals surface area contributed by atoms with Crippen LogP contribution >= 0.6 is 11.3 Å². The van der Waals surface area contributed by atoms with Gasteiger partial charge in [0.15, 0.2) is 0 Å². The zero-order valence-electron chi connectivity index (χ0n) is 13.9. The maximum absolute atomic E-state index is 13.1. The number of carbonyl (C=O) groups is 1. The summed E-state index contributed by atoms with van der Waals surface area (Å²) >= 11 is 1.45. The first-order valence-electron chi connectivity index (χ1n) is 8.23. The minimum absolute atomic E-state index is 0.0545. The van der Waals surface area contributed by atoms with Gasteiger partial charge in [-0.2, -0.15) is 0 Å². The molecule has 1 aromatic carbocycles. The van der Waals surface area contributed by atoms with Gasteiger partial charge in [0.2, 0.25) is 0 Å². The first-order valence-corrected chi connectivity index (χ1v) is 9.11. The van der Waals surface area contributed by atoms with E-state index in [1.807, 2.05) is 46.7 Å². The van der Waals surface area contributed by atoms with Gasteiger partial charge in [0.1, 0.15) is 10.7 Å². The lowest BCUT2D eigenvalue weighted by Crippen LogP contribution is -2.31. The Morgan fingerprint density at radius 1 is 1.08 bits per heavy atom. The lowest BCUT2D eigenvalue weighted by atomic mass is 10.2. The molecule has 0 bridgehead atoms. The molecule has 3 aromatic rings. The van der Waals surface area contributed by atoms with Gasteiger partial charge >= 0.3 is 0 Å². The second-order valence-corrected chi connectivity index (χ2v) is 6.83. The van der Waals surface area contributed by atoms with Crippen LogP contribution in [0, 0.1) is 0 Å². The highest BCUT2D eigenvalue weighted by Crippen LogP contribution is 2.32. The number of hydrogen-bond donors (Lipinski definition) is 0. The van der Waals surface area contributed by atoms with Crippen LogP contribution in [0.1, 0.15) is 16.9 Å². The van der Waals surface area contributed by atoms with Crippen molar-refractivity contribution in [2.24, 2.45) is 0 Å². The van der Waals surface area contributed by atoms with Gasteiger partial charge in [-0.1, -0.05) is 18.2 Å². The van der Waals surface area contributed by atoms with Crippen molar-refractivity contribution < 1.29 is 4.79 Å². The zero-order valence-corrected chi connectivity index (χ0v) is 14.7. The van der Waals surface area contributed by atoms with E-state index in [9.17, 15) is 4.79 Å². The molecule has 0 saturated heterocycles. The van der Waals surface area contributed by atoms with Gasteiger partial charge in [0.25, 0.3) is 5.91 Å². The quantitative estimate of drug-likeness (QED) is 0.707. The van der Waals surface area contributed by atoms with Gasteiger partial charge in [0.05, 0.1) is 17.1 Å². The molecule has 6 heteroatoms. The normalized spacial score (nSPS) is 14.1. The first-order chi connectivity index (χ1) is 12.2. The largest absolute Gasteiger partial charge is 0.373 e. The number of benzene rings is 1. The maximum Gasteiger partial charge on any atom is 0.277 e. The Kier molecular flexibility index (Phi) is 4.19. The molecular weight excluding hydrogens is 332 g/mol. The molecule has 1 amide bonds. The Hall–Kier alpha value is -2.73. The molecule has 1 aliphatic heterocycles. The summed E-state index contributed by atoms with van der Waals surface area (Å²) < 4.78 is 0. The second kappa shape index (κ2) is 6.64. The summed E-state index contributed by atoms with van der Waals surface area (Å²) in [4.78, 5) is 26.0. The number of thiazole rings is 1. The molecule has 126 valence electrons. The van der Waals surface area contributed by atoms with Crippen LogP contribution in [0.4, 0.5) is 11.4 Å². The SMILES string of the molecule is CN1CCCN(C(=O)c2csc(-c3ccccn3)n2)c2ccccc21. The molecule has 0 aliphatic carbocycles. The number of rotatable bonds is 2. The predicted molar refractivity (Wildman–Crippen MR) is 101 cm³/mol. The van der Waals surface area contributed by atoms with E-state index >= 15 is 0 Å². The third-order valence-electron chi connectivity index (χ3n) is 4.31. The topological polar surface area (TPSA) is 49.3 Å². The first kappa shape index (κ1) is 15.8. The molecule has 1 aliphatic rings. The monoisotopic (exact) mass is 350 g/mol. The van der Waals surface area contributed by atoms with Gasteiger partial charge in [0, 0.05) is 31.7 Å². The standard InChI is InChI=1S/C19H18N4OS/c1-22-11-6-12-23(17-9-3-2-8-16(17)22)19(24)15-13-25-18(21-15)14-7-4-5-10-20-14/h2-5,7-10,13H,6,11-12H2,1H3. The molecule has 0 unspecified atom stereocenters. The highest BCUT2D eigenvalue weighted by Gasteiger charge is 2.25. The molecule has 4 rings (SSSR count). The molecule has 0 N–H and O–H groups in total. The highest BCUT2D eigenvalue weighted by molar-refractivity contribution is 7.13. The van der Waals surface area contributed by atoms with Crippen molar-refractivity contribution in [1.82, 2.24) is 9.97 Å². The van der Waals surface area contributed by atoms with Crippen LogP contribution in [0.3, 0.4) is 0 Å². The molecule has 2 aromatic heterocycles. The average Bonchev–Trinajstić information content (AvgIpc) is 3.09. The maximum atomic E-state index is 13.1. The molecular formula is C19H18N4OS. The van der Waals surface area contributed by atoms with E-state index in [4.69, 9.17) is 0 Å². The van der Waals surface area contributed by atoms with Crippen LogP contribution < -0.4 is 9.80 Å². The number of pyridine rings is 1. The zero-order chi connectivity index (χ0) is 17.2. The van der Waals surface area contributed by atoms with Crippen LogP contribution in [-0.2, 0) is 0 Å². The Bertz CT molecular complexity index is 893. The Morgan fingerprint density at radius 3 is 2.68 bits per heavy atom.